The molecule has 2 N–H and O–H groups in total. The lowest BCUT2D eigenvalue weighted by Crippen LogP contribution is -2.41. The predicted molar refractivity (Wildman–Crippen MR) is 48.2 cm³/mol. The van der Waals surface area contributed by atoms with E-state index in [1.165, 1.54) is 0 Å². The number of hydrogen-bond donors (Lipinski definition) is 2. The second-order valence-corrected chi connectivity index (χ2v) is 3.34. The van der Waals surface area contributed by atoms with Gasteiger partial charge in [-0.15, -0.1) is 0 Å². The summed E-state index contributed by atoms with van der Waals surface area (Å²) in [4.78, 5) is 11.5. The number of nitrogens with one attached hydrogen (secondary N) is 1. The molecule has 0 aliphatic carbocycles. The molecular formula is C9H17NO3. The summed E-state index contributed by atoms with van der Waals surface area (Å²) in [7, 11) is 0. The first kappa shape index (κ1) is 10.5. The van der Waals surface area contributed by atoms with Crippen molar-refractivity contribution in [1.29, 1.82) is 0 Å². The minimum absolute atomic E-state index is 0.00116. The fraction of sp³-hybridized carbons (Fsp3) is 0.889. The zero-order chi connectivity index (χ0) is 9.68. The Morgan fingerprint density at radius 3 is 3.08 bits per heavy atom. The lowest BCUT2D eigenvalue weighted by atomic mass is 9.94. The molecule has 0 aromatic rings. The minimum Gasteiger partial charge on any atom is -0.395 e. The molecular weight excluding hydrogens is 170 g/mol. The van der Waals surface area contributed by atoms with Gasteiger partial charge in [0.25, 0.3) is 0 Å². The van der Waals surface area contributed by atoms with Crippen molar-refractivity contribution < 1.29 is 14.6 Å². The third-order valence-corrected chi connectivity index (χ3v) is 2.35. The predicted octanol–water partition coefficient (Wildman–Crippen LogP) is -0.0900. The smallest absolute Gasteiger partial charge is 0.225 e. The summed E-state index contributed by atoms with van der Waals surface area (Å²) in [6.45, 7) is 3.00. The highest BCUT2D eigenvalue weighted by Crippen LogP contribution is 2.20. The molecule has 1 heterocycles. The molecule has 1 aliphatic heterocycles. The van der Waals surface area contributed by atoms with E-state index in [-0.39, 0.29) is 24.5 Å². The normalized spacial score (nSPS) is 28.5. The van der Waals surface area contributed by atoms with E-state index in [0.717, 1.165) is 19.4 Å². The summed E-state index contributed by atoms with van der Waals surface area (Å²) >= 11 is 0. The summed E-state index contributed by atoms with van der Waals surface area (Å²) < 4.78 is 5.37. The average Bonchev–Trinajstić information content (AvgIpc) is 2.15. The Kier molecular flexibility index (Phi) is 4.18. The van der Waals surface area contributed by atoms with Crippen LogP contribution in [0.15, 0.2) is 0 Å². The molecule has 0 bridgehead atoms. The van der Waals surface area contributed by atoms with Crippen molar-refractivity contribution in [3.05, 3.63) is 0 Å². The van der Waals surface area contributed by atoms with E-state index >= 15 is 0 Å². The van der Waals surface area contributed by atoms with Crippen LogP contribution in [-0.4, -0.2) is 36.9 Å². The third-order valence-electron chi connectivity index (χ3n) is 2.35. The maximum atomic E-state index is 11.5. The Balaban J connectivity index is 2.35. The largest absolute Gasteiger partial charge is 0.395 e. The van der Waals surface area contributed by atoms with Gasteiger partial charge in [0.1, 0.15) is 0 Å². The second-order valence-electron chi connectivity index (χ2n) is 3.34. The molecule has 2 atom stereocenters. The van der Waals surface area contributed by atoms with Gasteiger partial charge in [-0.1, -0.05) is 0 Å². The summed E-state index contributed by atoms with van der Waals surface area (Å²) in [5.41, 5.74) is 0. The van der Waals surface area contributed by atoms with E-state index in [2.05, 4.69) is 5.32 Å². The van der Waals surface area contributed by atoms with Crippen LogP contribution < -0.4 is 5.32 Å². The van der Waals surface area contributed by atoms with Crippen LogP contribution in [0.3, 0.4) is 0 Å². The molecule has 1 amide bonds. The van der Waals surface area contributed by atoms with Gasteiger partial charge in [-0.2, -0.15) is 0 Å². The molecule has 0 spiro atoms. The van der Waals surface area contributed by atoms with Crippen LogP contribution in [0.2, 0.25) is 0 Å². The molecule has 4 nitrogen and oxygen atoms in total. The van der Waals surface area contributed by atoms with Crippen molar-refractivity contribution in [1.82, 2.24) is 5.32 Å². The molecule has 0 unspecified atom stereocenters. The summed E-state index contributed by atoms with van der Waals surface area (Å²) in [6, 6.07) is 0. The Morgan fingerprint density at radius 2 is 2.46 bits per heavy atom. The lowest BCUT2D eigenvalue weighted by molar-refractivity contribution is -0.133. The monoisotopic (exact) mass is 187 g/mol. The third kappa shape index (κ3) is 2.97. The Hall–Kier alpha value is -0.610. The van der Waals surface area contributed by atoms with E-state index in [1.807, 2.05) is 6.92 Å². The molecule has 0 aromatic heterocycles. The van der Waals surface area contributed by atoms with Crippen molar-refractivity contribution in [2.75, 3.05) is 19.8 Å². The maximum Gasteiger partial charge on any atom is 0.225 e. The quantitative estimate of drug-likeness (QED) is 0.649. The molecule has 76 valence electrons. The van der Waals surface area contributed by atoms with E-state index in [4.69, 9.17) is 9.84 Å². The van der Waals surface area contributed by atoms with Gasteiger partial charge in [-0.3, -0.25) is 4.79 Å². The van der Waals surface area contributed by atoms with E-state index in [0.29, 0.717) is 6.54 Å². The van der Waals surface area contributed by atoms with Crippen molar-refractivity contribution in [3.63, 3.8) is 0 Å². The van der Waals surface area contributed by atoms with Gasteiger partial charge in [0.15, 0.2) is 0 Å². The fourth-order valence-electron chi connectivity index (χ4n) is 1.58. The zero-order valence-corrected chi connectivity index (χ0v) is 7.95. The number of aliphatic hydroxyl groups is 1. The number of hydrogen-bond acceptors (Lipinski definition) is 3. The number of carbonyl (C=O) groups excluding carboxylic acids is 1. The zero-order valence-electron chi connectivity index (χ0n) is 7.95. The van der Waals surface area contributed by atoms with E-state index < -0.39 is 0 Å². The molecule has 13 heavy (non-hydrogen) atoms. The van der Waals surface area contributed by atoms with Gasteiger partial charge in [-0.25, -0.2) is 0 Å². The first-order valence-electron chi connectivity index (χ1n) is 4.76. The Labute approximate surface area is 78.3 Å². The minimum atomic E-state index is -0.0414. The SMILES string of the molecule is C[C@H]1OCCC[C@H]1C(=O)NCCO. The van der Waals surface area contributed by atoms with Crippen molar-refractivity contribution in [2.45, 2.75) is 25.9 Å². The topological polar surface area (TPSA) is 58.6 Å². The van der Waals surface area contributed by atoms with E-state index in [1.54, 1.807) is 0 Å². The van der Waals surface area contributed by atoms with Crippen molar-refractivity contribution in [2.24, 2.45) is 5.92 Å². The van der Waals surface area contributed by atoms with Gasteiger partial charge in [0.05, 0.1) is 18.6 Å². The molecule has 1 rings (SSSR count). The van der Waals surface area contributed by atoms with Gasteiger partial charge in [0.2, 0.25) is 5.91 Å². The highest BCUT2D eigenvalue weighted by atomic mass is 16.5. The summed E-state index contributed by atoms with van der Waals surface area (Å²) in [5.74, 6) is -0.0402. The number of ether oxygens (including phenoxy) is 1. The molecule has 4 heteroatoms. The second kappa shape index (κ2) is 5.19. The molecule has 0 saturated carbocycles. The highest BCUT2D eigenvalue weighted by Gasteiger charge is 2.27. The Morgan fingerprint density at radius 1 is 1.69 bits per heavy atom. The van der Waals surface area contributed by atoms with Gasteiger partial charge >= 0.3 is 0 Å². The van der Waals surface area contributed by atoms with Gasteiger partial charge in [0, 0.05) is 13.2 Å². The molecule has 1 fully saturated rings. The standard InChI is InChI=1S/C9H17NO3/c1-7-8(3-2-6-13-7)9(12)10-4-5-11/h7-8,11H,2-6H2,1H3,(H,10,12)/t7-,8-/m1/s1. The van der Waals surface area contributed by atoms with Crippen LogP contribution in [0.25, 0.3) is 0 Å². The summed E-state index contributed by atoms with van der Waals surface area (Å²) in [5, 5.41) is 11.2. The van der Waals surface area contributed by atoms with Crippen LogP contribution in [0.5, 0.6) is 0 Å². The Bertz CT molecular complexity index is 172. The number of aliphatic hydroxyl groups excluding tert-OH is 1. The molecule has 0 radical (unpaired) electrons. The van der Waals surface area contributed by atoms with Crippen LogP contribution >= 0.6 is 0 Å². The number of amides is 1. The lowest BCUT2D eigenvalue weighted by Gasteiger charge is -2.27. The summed E-state index contributed by atoms with van der Waals surface area (Å²) in [6.07, 6.45) is 1.84. The molecule has 0 aromatic carbocycles. The first-order valence-corrected chi connectivity index (χ1v) is 4.76. The van der Waals surface area contributed by atoms with Gasteiger partial charge < -0.3 is 15.2 Å². The first-order chi connectivity index (χ1) is 6.25. The highest BCUT2D eigenvalue weighted by molar-refractivity contribution is 5.79. The van der Waals surface area contributed by atoms with Crippen molar-refractivity contribution in [3.8, 4) is 0 Å². The van der Waals surface area contributed by atoms with Gasteiger partial charge in [-0.05, 0) is 19.8 Å². The van der Waals surface area contributed by atoms with Crippen LogP contribution in [0.1, 0.15) is 19.8 Å². The number of rotatable bonds is 3. The van der Waals surface area contributed by atoms with Crippen LogP contribution in [-0.2, 0) is 9.53 Å². The molecule has 1 aliphatic rings. The van der Waals surface area contributed by atoms with Crippen LogP contribution in [0, 0.1) is 5.92 Å². The fourth-order valence-corrected chi connectivity index (χ4v) is 1.58. The maximum absolute atomic E-state index is 11.5. The number of carbonyl (C=O) groups is 1. The molecule has 1 saturated heterocycles. The van der Waals surface area contributed by atoms with Crippen molar-refractivity contribution >= 4 is 5.91 Å². The van der Waals surface area contributed by atoms with Crippen LogP contribution in [0.4, 0.5) is 0 Å². The average molecular weight is 187 g/mol. The van der Waals surface area contributed by atoms with E-state index in [9.17, 15) is 4.79 Å².